The molecule has 0 aliphatic heterocycles. The van der Waals surface area contributed by atoms with Gasteiger partial charge in [-0.2, -0.15) is 0 Å². The Morgan fingerprint density at radius 2 is 2.11 bits per heavy atom. The van der Waals surface area contributed by atoms with E-state index < -0.39 is 0 Å². The van der Waals surface area contributed by atoms with Crippen molar-refractivity contribution >= 4 is 7.85 Å². The van der Waals surface area contributed by atoms with Crippen molar-refractivity contribution in [2.24, 2.45) is 17.4 Å². The molecule has 0 aromatic carbocycles. The molecule has 0 amide bonds. The molecular weight excluding hydrogens is 111 g/mol. The SMILES string of the molecule is BC(N)C(C)(N)C1CC1. The summed E-state index contributed by atoms with van der Waals surface area (Å²) < 4.78 is 0. The van der Waals surface area contributed by atoms with Crippen LogP contribution < -0.4 is 11.5 Å². The van der Waals surface area contributed by atoms with Crippen molar-refractivity contribution < 1.29 is 0 Å². The quantitative estimate of drug-likeness (QED) is 0.468. The van der Waals surface area contributed by atoms with Crippen molar-refractivity contribution in [2.75, 3.05) is 0 Å². The Hall–Kier alpha value is -0.0151. The molecule has 0 saturated heterocycles. The fourth-order valence-corrected chi connectivity index (χ4v) is 1.08. The summed E-state index contributed by atoms with van der Waals surface area (Å²) in [7, 11) is 1.98. The van der Waals surface area contributed by atoms with Crippen LogP contribution in [-0.2, 0) is 0 Å². The van der Waals surface area contributed by atoms with E-state index in [1.807, 2.05) is 7.85 Å². The van der Waals surface area contributed by atoms with Gasteiger partial charge in [0.15, 0.2) is 0 Å². The first-order valence-corrected chi connectivity index (χ1v) is 3.59. The lowest BCUT2D eigenvalue weighted by molar-refractivity contribution is 0.392. The first kappa shape index (κ1) is 7.10. The predicted molar refractivity (Wildman–Crippen MR) is 41.8 cm³/mol. The normalized spacial score (nSPS) is 29.2. The lowest BCUT2D eigenvalue weighted by atomic mass is 9.77. The Balaban J connectivity index is 2.48. The Morgan fingerprint density at radius 3 is 2.22 bits per heavy atom. The molecule has 0 heterocycles. The first-order valence-electron chi connectivity index (χ1n) is 3.59. The summed E-state index contributed by atoms with van der Waals surface area (Å²) in [4.78, 5) is 0. The van der Waals surface area contributed by atoms with Crippen LogP contribution in [0.3, 0.4) is 0 Å². The molecule has 1 fully saturated rings. The molecular formula is C6H15BN2. The molecule has 2 nitrogen and oxygen atoms in total. The van der Waals surface area contributed by atoms with Gasteiger partial charge in [0.2, 0.25) is 0 Å². The molecule has 3 heteroatoms. The van der Waals surface area contributed by atoms with Crippen molar-refractivity contribution in [1.29, 1.82) is 0 Å². The largest absolute Gasteiger partial charge is 0.334 e. The summed E-state index contributed by atoms with van der Waals surface area (Å²) in [6.45, 7) is 2.05. The summed E-state index contributed by atoms with van der Waals surface area (Å²) in [6.07, 6.45) is 2.54. The van der Waals surface area contributed by atoms with Crippen LogP contribution in [0.1, 0.15) is 19.8 Å². The molecule has 52 valence electrons. The molecule has 0 aromatic rings. The van der Waals surface area contributed by atoms with Gasteiger partial charge in [0.05, 0.1) is 0 Å². The van der Waals surface area contributed by atoms with E-state index >= 15 is 0 Å². The number of hydrogen-bond donors (Lipinski definition) is 2. The molecule has 2 atom stereocenters. The summed E-state index contributed by atoms with van der Waals surface area (Å²) in [5.74, 6) is 0.822. The van der Waals surface area contributed by atoms with Gasteiger partial charge in [-0.15, -0.1) is 0 Å². The monoisotopic (exact) mass is 126 g/mol. The summed E-state index contributed by atoms with van der Waals surface area (Å²) in [6, 6.07) is 0. The summed E-state index contributed by atoms with van der Waals surface area (Å²) in [5.41, 5.74) is 11.5. The van der Waals surface area contributed by atoms with E-state index in [2.05, 4.69) is 6.92 Å². The summed E-state index contributed by atoms with van der Waals surface area (Å²) in [5, 5.41) is 0. The molecule has 4 N–H and O–H groups in total. The van der Waals surface area contributed by atoms with Gasteiger partial charge < -0.3 is 11.5 Å². The third-order valence-corrected chi connectivity index (χ3v) is 2.44. The maximum Gasteiger partial charge on any atom is 0.125 e. The maximum absolute atomic E-state index is 5.94. The van der Waals surface area contributed by atoms with Gasteiger partial charge in [-0.25, -0.2) is 0 Å². The van der Waals surface area contributed by atoms with Gasteiger partial charge in [-0.05, 0) is 31.6 Å². The second-order valence-electron chi connectivity index (χ2n) is 3.43. The lowest BCUT2D eigenvalue weighted by Crippen LogP contribution is -2.55. The minimum atomic E-state index is -0.111. The molecule has 2 unspecified atom stereocenters. The number of nitrogens with two attached hydrogens (primary N) is 2. The average Bonchev–Trinajstić information content (AvgIpc) is 2.42. The van der Waals surface area contributed by atoms with Gasteiger partial charge in [0.1, 0.15) is 7.85 Å². The standard InChI is InChI=1S/C6H15BN2/c1-6(9,5(7)8)4-2-3-4/h4-5H,2-3,7-9H2,1H3. The minimum Gasteiger partial charge on any atom is -0.334 e. The lowest BCUT2D eigenvalue weighted by Gasteiger charge is -2.28. The molecule has 0 spiro atoms. The van der Waals surface area contributed by atoms with Crippen LogP contribution in [0.15, 0.2) is 0 Å². The van der Waals surface area contributed by atoms with E-state index in [1.165, 1.54) is 12.8 Å². The topological polar surface area (TPSA) is 52.0 Å². The highest BCUT2D eigenvalue weighted by Crippen LogP contribution is 2.38. The van der Waals surface area contributed by atoms with E-state index in [0.29, 0.717) is 5.92 Å². The van der Waals surface area contributed by atoms with Crippen molar-refractivity contribution in [3.63, 3.8) is 0 Å². The molecule has 0 bridgehead atoms. The zero-order valence-electron chi connectivity index (χ0n) is 6.22. The van der Waals surface area contributed by atoms with Crippen LogP contribution >= 0.6 is 0 Å². The molecule has 0 radical (unpaired) electrons. The number of rotatable bonds is 2. The maximum atomic E-state index is 5.94. The predicted octanol–water partition coefficient (Wildman–Crippen LogP) is -0.968. The molecule has 1 saturated carbocycles. The Bertz CT molecular complexity index is 104. The molecule has 1 rings (SSSR count). The smallest absolute Gasteiger partial charge is 0.125 e. The van der Waals surface area contributed by atoms with E-state index in [4.69, 9.17) is 11.5 Å². The van der Waals surface area contributed by atoms with Gasteiger partial charge in [-0.3, -0.25) is 0 Å². The zero-order chi connectivity index (χ0) is 7.07. The van der Waals surface area contributed by atoms with Crippen LogP contribution in [0.4, 0.5) is 0 Å². The van der Waals surface area contributed by atoms with Crippen molar-refractivity contribution in [3.8, 4) is 0 Å². The van der Waals surface area contributed by atoms with Crippen molar-refractivity contribution in [1.82, 2.24) is 0 Å². The highest BCUT2D eigenvalue weighted by molar-refractivity contribution is 6.12. The Labute approximate surface area is 57.4 Å². The Morgan fingerprint density at radius 1 is 1.67 bits per heavy atom. The van der Waals surface area contributed by atoms with Gasteiger partial charge in [0, 0.05) is 5.54 Å². The second kappa shape index (κ2) is 1.99. The van der Waals surface area contributed by atoms with Crippen LogP contribution in [0.2, 0.25) is 0 Å². The number of hydrogen-bond acceptors (Lipinski definition) is 2. The van der Waals surface area contributed by atoms with E-state index in [1.54, 1.807) is 0 Å². The molecule has 1 aliphatic carbocycles. The average molecular weight is 126 g/mol. The second-order valence-corrected chi connectivity index (χ2v) is 3.43. The third-order valence-electron chi connectivity index (χ3n) is 2.44. The molecule has 1 aliphatic rings. The highest BCUT2D eigenvalue weighted by Gasteiger charge is 2.40. The third kappa shape index (κ3) is 1.27. The first-order chi connectivity index (χ1) is 4.05. The van der Waals surface area contributed by atoms with Crippen LogP contribution in [0.25, 0.3) is 0 Å². The minimum absolute atomic E-state index is 0.111. The van der Waals surface area contributed by atoms with Gasteiger partial charge in [0.25, 0.3) is 0 Å². The van der Waals surface area contributed by atoms with Gasteiger partial charge >= 0.3 is 0 Å². The van der Waals surface area contributed by atoms with Crippen molar-refractivity contribution in [2.45, 2.75) is 31.2 Å². The summed E-state index contributed by atoms with van der Waals surface area (Å²) >= 11 is 0. The fourth-order valence-electron chi connectivity index (χ4n) is 1.08. The van der Waals surface area contributed by atoms with Crippen molar-refractivity contribution in [3.05, 3.63) is 0 Å². The van der Waals surface area contributed by atoms with Crippen LogP contribution in [0.5, 0.6) is 0 Å². The van der Waals surface area contributed by atoms with Crippen LogP contribution in [0, 0.1) is 5.92 Å². The van der Waals surface area contributed by atoms with E-state index in [-0.39, 0.29) is 11.5 Å². The fraction of sp³-hybridized carbons (Fsp3) is 1.00. The Kier molecular flexibility index (Phi) is 1.57. The van der Waals surface area contributed by atoms with E-state index in [0.717, 1.165) is 0 Å². The highest BCUT2D eigenvalue weighted by atomic mass is 14.8. The van der Waals surface area contributed by atoms with Gasteiger partial charge in [-0.1, -0.05) is 0 Å². The molecule has 0 aromatic heterocycles. The van der Waals surface area contributed by atoms with E-state index in [9.17, 15) is 0 Å². The molecule has 9 heavy (non-hydrogen) atoms. The van der Waals surface area contributed by atoms with Crippen LogP contribution in [-0.4, -0.2) is 19.3 Å². The zero-order valence-corrected chi connectivity index (χ0v) is 6.22.